The van der Waals surface area contributed by atoms with E-state index in [2.05, 4.69) is 71.4 Å². The molecule has 186 valence electrons. The highest BCUT2D eigenvalue weighted by Gasteiger charge is 2.30. The summed E-state index contributed by atoms with van der Waals surface area (Å²) in [5, 5.41) is 1.33. The van der Waals surface area contributed by atoms with E-state index < -0.39 is 0 Å². The van der Waals surface area contributed by atoms with Gasteiger partial charge in [-0.1, -0.05) is 30.3 Å². The summed E-state index contributed by atoms with van der Waals surface area (Å²) in [4.78, 5) is 20.6. The molecule has 1 atom stereocenters. The molecule has 1 aromatic heterocycles. The SMILES string of the molecule is CN(Cc1ccc(OCCN2CCN(C(=O)[C@@H]3CCCO3)CC2)cc1)Cc1cc2ccccc2s1. The Hall–Kier alpha value is -2.45. The lowest BCUT2D eigenvalue weighted by atomic mass is 10.2. The molecule has 7 heteroatoms. The summed E-state index contributed by atoms with van der Waals surface area (Å²) in [5.41, 5.74) is 1.29. The maximum absolute atomic E-state index is 12.5. The van der Waals surface area contributed by atoms with Crippen molar-refractivity contribution in [2.75, 3.05) is 53.0 Å². The monoisotopic (exact) mass is 493 g/mol. The van der Waals surface area contributed by atoms with Crippen molar-refractivity contribution in [3.05, 3.63) is 65.0 Å². The Morgan fingerprint density at radius 2 is 1.89 bits per heavy atom. The Morgan fingerprint density at radius 3 is 2.63 bits per heavy atom. The lowest BCUT2D eigenvalue weighted by Gasteiger charge is -2.35. The molecule has 2 aromatic carbocycles. The maximum atomic E-state index is 12.5. The van der Waals surface area contributed by atoms with E-state index in [1.54, 1.807) is 0 Å². The highest BCUT2D eigenvalue weighted by atomic mass is 32.1. The van der Waals surface area contributed by atoms with E-state index in [-0.39, 0.29) is 12.0 Å². The minimum atomic E-state index is -0.205. The number of carbonyl (C=O) groups is 1. The van der Waals surface area contributed by atoms with Crippen LogP contribution in [0.3, 0.4) is 0 Å². The predicted molar refractivity (Wildman–Crippen MR) is 141 cm³/mol. The Bertz CT molecular complexity index is 1070. The summed E-state index contributed by atoms with van der Waals surface area (Å²) in [6.07, 6.45) is 1.66. The smallest absolute Gasteiger partial charge is 0.251 e. The van der Waals surface area contributed by atoms with E-state index in [1.165, 1.54) is 20.5 Å². The molecular weight excluding hydrogens is 458 g/mol. The topological polar surface area (TPSA) is 45.2 Å². The van der Waals surface area contributed by atoms with Crippen molar-refractivity contribution in [1.82, 2.24) is 14.7 Å². The van der Waals surface area contributed by atoms with Gasteiger partial charge in [-0.2, -0.15) is 0 Å². The summed E-state index contributed by atoms with van der Waals surface area (Å²) >= 11 is 1.88. The first-order valence-corrected chi connectivity index (χ1v) is 13.5. The van der Waals surface area contributed by atoms with Crippen LogP contribution in [0.5, 0.6) is 5.75 Å². The molecule has 0 radical (unpaired) electrons. The molecule has 0 aliphatic carbocycles. The zero-order chi connectivity index (χ0) is 24.0. The average Bonchev–Trinajstić information content (AvgIpc) is 3.55. The van der Waals surface area contributed by atoms with Crippen LogP contribution in [0.4, 0.5) is 0 Å². The third-order valence-corrected chi connectivity index (χ3v) is 7.94. The van der Waals surface area contributed by atoms with Gasteiger partial charge >= 0.3 is 0 Å². The zero-order valence-corrected chi connectivity index (χ0v) is 21.3. The van der Waals surface area contributed by atoms with Gasteiger partial charge in [0, 0.05) is 62.0 Å². The van der Waals surface area contributed by atoms with Gasteiger partial charge in [0.2, 0.25) is 0 Å². The Balaban J connectivity index is 1.01. The minimum absolute atomic E-state index is 0.174. The molecule has 1 amide bonds. The molecule has 2 aliphatic heterocycles. The van der Waals surface area contributed by atoms with Crippen LogP contribution in [0, 0.1) is 0 Å². The third kappa shape index (κ3) is 6.41. The highest BCUT2D eigenvalue weighted by molar-refractivity contribution is 7.19. The number of nitrogens with zero attached hydrogens (tertiary/aromatic N) is 3. The molecule has 2 aliphatic rings. The van der Waals surface area contributed by atoms with Crippen LogP contribution in [-0.2, 0) is 22.6 Å². The average molecular weight is 494 g/mol. The van der Waals surface area contributed by atoms with Crippen molar-refractivity contribution in [1.29, 1.82) is 0 Å². The Morgan fingerprint density at radius 1 is 1.09 bits per heavy atom. The molecule has 0 N–H and O–H groups in total. The van der Waals surface area contributed by atoms with Crippen LogP contribution in [0.2, 0.25) is 0 Å². The van der Waals surface area contributed by atoms with Crippen LogP contribution in [0.25, 0.3) is 10.1 Å². The normalized spacial score (nSPS) is 19.0. The fraction of sp³-hybridized carbons (Fsp3) is 0.464. The lowest BCUT2D eigenvalue weighted by molar-refractivity contribution is -0.142. The third-order valence-electron chi connectivity index (χ3n) is 6.84. The zero-order valence-electron chi connectivity index (χ0n) is 20.5. The van der Waals surface area contributed by atoms with Crippen LogP contribution in [0.15, 0.2) is 54.6 Å². The van der Waals surface area contributed by atoms with E-state index in [4.69, 9.17) is 9.47 Å². The Kier molecular flexibility index (Phi) is 7.99. The first-order chi connectivity index (χ1) is 17.1. The first kappa shape index (κ1) is 24.3. The summed E-state index contributed by atoms with van der Waals surface area (Å²) < 4.78 is 12.9. The fourth-order valence-electron chi connectivity index (χ4n) is 4.90. The molecule has 0 bridgehead atoms. The van der Waals surface area contributed by atoms with Crippen molar-refractivity contribution in [3.63, 3.8) is 0 Å². The molecule has 3 aromatic rings. The minimum Gasteiger partial charge on any atom is -0.492 e. The summed E-state index contributed by atoms with van der Waals surface area (Å²) in [7, 11) is 2.17. The van der Waals surface area contributed by atoms with Crippen LogP contribution in [-0.4, -0.2) is 79.7 Å². The fourth-order valence-corrected chi connectivity index (χ4v) is 6.04. The van der Waals surface area contributed by atoms with Crippen LogP contribution in [0.1, 0.15) is 23.3 Å². The molecule has 5 rings (SSSR count). The van der Waals surface area contributed by atoms with Gasteiger partial charge < -0.3 is 14.4 Å². The van der Waals surface area contributed by atoms with Crippen LogP contribution >= 0.6 is 11.3 Å². The van der Waals surface area contributed by atoms with E-state index in [1.807, 2.05) is 16.2 Å². The maximum Gasteiger partial charge on any atom is 0.251 e. The largest absolute Gasteiger partial charge is 0.492 e. The molecule has 6 nitrogen and oxygen atoms in total. The van der Waals surface area contributed by atoms with Gasteiger partial charge in [0.25, 0.3) is 5.91 Å². The highest BCUT2D eigenvalue weighted by Crippen LogP contribution is 2.26. The van der Waals surface area contributed by atoms with Crippen LogP contribution < -0.4 is 4.74 Å². The van der Waals surface area contributed by atoms with E-state index in [0.717, 1.165) is 71.0 Å². The number of ether oxygens (including phenoxy) is 2. The number of benzene rings is 2. The van der Waals surface area contributed by atoms with Crippen molar-refractivity contribution in [2.45, 2.75) is 32.0 Å². The molecule has 0 unspecified atom stereocenters. The quantitative estimate of drug-likeness (QED) is 0.446. The van der Waals surface area contributed by atoms with Gasteiger partial charge in [-0.25, -0.2) is 0 Å². The number of amides is 1. The molecule has 0 spiro atoms. The molecule has 2 saturated heterocycles. The first-order valence-electron chi connectivity index (χ1n) is 12.6. The number of hydrogen-bond donors (Lipinski definition) is 0. The van der Waals surface area contributed by atoms with Crippen molar-refractivity contribution in [2.24, 2.45) is 0 Å². The van der Waals surface area contributed by atoms with E-state index in [9.17, 15) is 4.79 Å². The number of fused-ring (bicyclic) bond motifs is 1. The summed E-state index contributed by atoms with van der Waals surface area (Å²) in [6, 6.07) is 19.3. The molecular formula is C28H35N3O3S. The number of rotatable bonds is 9. The summed E-state index contributed by atoms with van der Waals surface area (Å²) in [6.45, 7) is 7.46. The molecule has 35 heavy (non-hydrogen) atoms. The lowest BCUT2D eigenvalue weighted by Crippen LogP contribution is -2.52. The second-order valence-electron chi connectivity index (χ2n) is 9.58. The van der Waals surface area contributed by atoms with Gasteiger partial charge in [-0.05, 0) is 55.1 Å². The van der Waals surface area contributed by atoms with Gasteiger partial charge in [-0.15, -0.1) is 11.3 Å². The number of carbonyl (C=O) groups excluding carboxylic acids is 1. The summed E-state index contributed by atoms with van der Waals surface area (Å²) in [5.74, 6) is 1.08. The predicted octanol–water partition coefficient (Wildman–Crippen LogP) is 4.24. The van der Waals surface area contributed by atoms with Gasteiger partial charge in [0.05, 0.1) is 0 Å². The molecule has 2 fully saturated rings. The molecule has 0 saturated carbocycles. The number of thiophene rings is 1. The van der Waals surface area contributed by atoms with E-state index in [0.29, 0.717) is 6.61 Å². The second-order valence-corrected chi connectivity index (χ2v) is 10.8. The van der Waals surface area contributed by atoms with Crippen molar-refractivity contribution >= 4 is 27.3 Å². The van der Waals surface area contributed by atoms with Gasteiger partial charge in [0.1, 0.15) is 18.5 Å². The second kappa shape index (κ2) is 11.5. The van der Waals surface area contributed by atoms with Crippen molar-refractivity contribution in [3.8, 4) is 5.75 Å². The Labute approximate surface area is 212 Å². The van der Waals surface area contributed by atoms with E-state index >= 15 is 0 Å². The number of hydrogen-bond acceptors (Lipinski definition) is 6. The molecule has 3 heterocycles. The van der Waals surface area contributed by atoms with Crippen molar-refractivity contribution < 1.29 is 14.3 Å². The number of piperazine rings is 1. The van der Waals surface area contributed by atoms with Gasteiger partial charge in [-0.3, -0.25) is 14.6 Å². The standard InChI is InChI=1S/C28H35N3O3S/c1-29(21-25-19-23-5-2-3-7-27(23)35-25)20-22-8-10-24(11-9-22)33-18-16-30-12-14-31(15-13-30)28(32)26-6-4-17-34-26/h2-3,5,7-11,19,26H,4,6,12-18,20-21H2,1H3/t26-/m0/s1. The van der Waals surface area contributed by atoms with Gasteiger partial charge in [0.15, 0.2) is 0 Å².